The maximum atomic E-state index is 12.7. The Morgan fingerprint density at radius 2 is 2.04 bits per heavy atom. The first-order valence-electron chi connectivity index (χ1n) is 9.02. The predicted molar refractivity (Wildman–Crippen MR) is 93.5 cm³/mol. The molecule has 0 saturated heterocycles. The molecule has 1 aromatic carbocycles. The lowest BCUT2D eigenvalue weighted by molar-refractivity contribution is -0.147. The highest BCUT2D eigenvalue weighted by molar-refractivity contribution is 5.83. The molecule has 126 valence electrons. The number of carbonyl (C=O) groups is 1. The number of fused-ring (bicyclic) bond motifs is 1. The predicted octanol–water partition coefficient (Wildman–Crippen LogP) is 3.20. The molecule has 1 aliphatic carbocycles. The van der Waals surface area contributed by atoms with Gasteiger partial charge in [0.15, 0.2) is 0 Å². The van der Waals surface area contributed by atoms with Gasteiger partial charge in [-0.3, -0.25) is 4.79 Å². The van der Waals surface area contributed by atoms with Gasteiger partial charge in [-0.15, -0.1) is 0 Å². The van der Waals surface area contributed by atoms with E-state index < -0.39 is 0 Å². The van der Waals surface area contributed by atoms with Gasteiger partial charge >= 0.3 is 0 Å². The molecule has 2 aromatic rings. The highest BCUT2D eigenvalue weighted by Gasteiger charge is 2.42. The number of aryl methyl sites for hydroxylation is 2. The van der Waals surface area contributed by atoms with Crippen LogP contribution in [0.4, 0.5) is 0 Å². The molecule has 1 saturated carbocycles. The smallest absolute Gasteiger partial charge is 0.228 e. The zero-order chi connectivity index (χ0) is 16.6. The third-order valence-corrected chi connectivity index (χ3v) is 5.74. The number of nitrogens with zero attached hydrogens (tertiary/aromatic N) is 3. The zero-order valence-corrected chi connectivity index (χ0v) is 14.4. The van der Waals surface area contributed by atoms with Crippen LogP contribution >= 0.6 is 0 Å². The first-order chi connectivity index (χ1) is 11.7. The molecule has 4 heteroatoms. The molecule has 0 unspecified atom stereocenters. The Hall–Kier alpha value is -2.10. The average Bonchev–Trinajstić information content (AvgIpc) is 3.00. The largest absolute Gasteiger partial charge is 0.336 e. The molecule has 0 bridgehead atoms. The van der Waals surface area contributed by atoms with Gasteiger partial charge in [0, 0.05) is 30.6 Å². The number of carbonyl (C=O) groups excluding carboxylic acids is 1. The van der Waals surface area contributed by atoms with Crippen molar-refractivity contribution in [3.8, 4) is 0 Å². The van der Waals surface area contributed by atoms with Crippen molar-refractivity contribution in [3.05, 3.63) is 53.6 Å². The summed E-state index contributed by atoms with van der Waals surface area (Å²) in [6.45, 7) is 4.59. The van der Waals surface area contributed by atoms with Crippen LogP contribution in [-0.2, 0) is 30.7 Å². The molecule has 2 heterocycles. The Bertz CT molecular complexity index is 731. The van der Waals surface area contributed by atoms with Gasteiger partial charge in [-0.25, -0.2) is 4.98 Å². The lowest BCUT2D eigenvalue weighted by Gasteiger charge is -2.41. The molecular weight excluding hydrogens is 298 g/mol. The Morgan fingerprint density at radius 1 is 1.25 bits per heavy atom. The molecule has 1 aromatic heterocycles. The van der Waals surface area contributed by atoms with E-state index in [2.05, 4.69) is 46.8 Å². The molecule has 4 nitrogen and oxygen atoms in total. The summed E-state index contributed by atoms with van der Waals surface area (Å²) in [7, 11) is 0. The van der Waals surface area contributed by atoms with Gasteiger partial charge in [-0.1, -0.05) is 43.7 Å². The molecule has 24 heavy (non-hydrogen) atoms. The van der Waals surface area contributed by atoms with Crippen molar-refractivity contribution >= 4 is 5.91 Å². The SMILES string of the molecule is CC1(C(=O)N2CCc3c(ncn3CCc3ccccc3)C2)CCC1. The minimum absolute atomic E-state index is 0.104. The minimum Gasteiger partial charge on any atom is -0.336 e. The Labute approximate surface area is 143 Å². The normalized spacial score (nSPS) is 18.8. The molecule has 1 aliphatic heterocycles. The van der Waals surface area contributed by atoms with Crippen molar-refractivity contribution < 1.29 is 4.79 Å². The van der Waals surface area contributed by atoms with Crippen LogP contribution in [-0.4, -0.2) is 26.9 Å². The maximum absolute atomic E-state index is 12.7. The van der Waals surface area contributed by atoms with Gasteiger partial charge in [0.25, 0.3) is 0 Å². The summed E-state index contributed by atoms with van der Waals surface area (Å²) in [5, 5.41) is 0. The summed E-state index contributed by atoms with van der Waals surface area (Å²) in [5.74, 6) is 0.332. The van der Waals surface area contributed by atoms with Crippen molar-refractivity contribution in [2.24, 2.45) is 5.41 Å². The fraction of sp³-hybridized carbons (Fsp3) is 0.500. The number of hydrogen-bond donors (Lipinski definition) is 0. The van der Waals surface area contributed by atoms with Crippen LogP contribution in [0.2, 0.25) is 0 Å². The minimum atomic E-state index is -0.104. The number of imidazole rings is 1. The van der Waals surface area contributed by atoms with E-state index in [0.717, 1.165) is 44.5 Å². The lowest BCUT2D eigenvalue weighted by Crippen LogP contribution is -2.48. The summed E-state index contributed by atoms with van der Waals surface area (Å²) in [5.41, 5.74) is 3.65. The zero-order valence-electron chi connectivity index (χ0n) is 14.4. The van der Waals surface area contributed by atoms with Crippen LogP contribution in [0.1, 0.15) is 43.1 Å². The van der Waals surface area contributed by atoms with E-state index in [1.165, 1.54) is 17.7 Å². The van der Waals surface area contributed by atoms with Gasteiger partial charge in [-0.2, -0.15) is 0 Å². The van der Waals surface area contributed by atoms with E-state index >= 15 is 0 Å². The van der Waals surface area contributed by atoms with Crippen LogP contribution in [0.25, 0.3) is 0 Å². The summed E-state index contributed by atoms with van der Waals surface area (Å²) in [4.78, 5) is 19.3. The van der Waals surface area contributed by atoms with Crippen molar-refractivity contribution in [3.63, 3.8) is 0 Å². The van der Waals surface area contributed by atoms with Gasteiger partial charge in [0.05, 0.1) is 18.6 Å². The summed E-state index contributed by atoms with van der Waals surface area (Å²) in [6.07, 6.45) is 7.17. The summed E-state index contributed by atoms with van der Waals surface area (Å²) >= 11 is 0. The highest BCUT2D eigenvalue weighted by Crippen LogP contribution is 2.42. The fourth-order valence-corrected chi connectivity index (χ4v) is 3.93. The maximum Gasteiger partial charge on any atom is 0.228 e. The fourth-order valence-electron chi connectivity index (χ4n) is 3.93. The summed E-state index contributed by atoms with van der Waals surface area (Å²) in [6, 6.07) is 10.6. The van der Waals surface area contributed by atoms with Crippen LogP contribution in [0, 0.1) is 5.41 Å². The van der Waals surface area contributed by atoms with Crippen molar-refractivity contribution in [2.75, 3.05) is 6.54 Å². The standard InChI is InChI=1S/C20H25N3O/c1-20(10-5-11-20)19(24)22-13-9-18-17(14-22)21-15-23(18)12-8-16-6-3-2-4-7-16/h2-4,6-7,15H,5,8-14H2,1H3. The van der Waals surface area contributed by atoms with E-state index in [-0.39, 0.29) is 5.41 Å². The quantitative estimate of drug-likeness (QED) is 0.866. The van der Waals surface area contributed by atoms with E-state index in [9.17, 15) is 4.79 Å². The second kappa shape index (κ2) is 6.08. The molecular formula is C20H25N3O. The van der Waals surface area contributed by atoms with Crippen LogP contribution in [0.5, 0.6) is 0 Å². The second-order valence-electron chi connectivity index (χ2n) is 7.46. The molecule has 0 radical (unpaired) electrons. The van der Waals surface area contributed by atoms with Gasteiger partial charge in [0.2, 0.25) is 5.91 Å². The number of amides is 1. The van der Waals surface area contributed by atoms with E-state index in [4.69, 9.17) is 0 Å². The van der Waals surface area contributed by atoms with E-state index in [0.29, 0.717) is 12.5 Å². The van der Waals surface area contributed by atoms with Gasteiger partial charge in [-0.05, 0) is 24.8 Å². The third kappa shape index (κ3) is 2.74. The lowest BCUT2D eigenvalue weighted by atomic mass is 9.69. The first-order valence-corrected chi connectivity index (χ1v) is 9.02. The van der Waals surface area contributed by atoms with Gasteiger partial charge in [0.1, 0.15) is 0 Å². The average molecular weight is 323 g/mol. The van der Waals surface area contributed by atoms with Crippen molar-refractivity contribution in [1.29, 1.82) is 0 Å². The highest BCUT2D eigenvalue weighted by atomic mass is 16.2. The van der Waals surface area contributed by atoms with Crippen LogP contribution in [0.15, 0.2) is 36.7 Å². The van der Waals surface area contributed by atoms with E-state index in [1.54, 1.807) is 0 Å². The topological polar surface area (TPSA) is 38.1 Å². The van der Waals surface area contributed by atoms with Crippen LogP contribution in [0.3, 0.4) is 0 Å². The second-order valence-corrected chi connectivity index (χ2v) is 7.46. The number of benzene rings is 1. The number of aromatic nitrogens is 2. The summed E-state index contributed by atoms with van der Waals surface area (Å²) < 4.78 is 2.27. The first kappa shape index (κ1) is 15.4. The Balaban J connectivity index is 1.43. The van der Waals surface area contributed by atoms with Crippen LogP contribution < -0.4 is 0 Å². The van der Waals surface area contributed by atoms with E-state index in [1.807, 2.05) is 11.2 Å². The molecule has 2 aliphatic rings. The van der Waals surface area contributed by atoms with Gasteiger partial charge < -0.3 is 9.47 Å². The van der Waals surface area contributed by atoms with Crippen molar-refractivity contribution in [1.82, 2.24) is 14.5 Å². The molecule has 0 spiro atoms. The molecule has 1 fully saturated rings. The Morgan fingerprint density at radius 3 is 2.75 bits per heavy atom. The molecule has 0 atom stereocenters. The molecule has 1 amide bonds. The number of rotatable bonds is 4. The monoisotopic (exact) mass is 323 g/mol. The Kier molecular flexibility index (Phi) is 3.91. The number of hydrogen-bond acceptors (Lipinski definition) is 2. The van der Waals surface area contributed by atoms with Crippen molar-refractivity contribution in [2.45, 2.75) is 52.1 Å². The molecule has 4 rings (SSSR count). The third-order valence-electron chi connectivity index (χ3n) is 5.74. The molecule has 0 N–H and O–H groups in total.